The molecule has 2 N–H and O–H groups in total. The van der Waals surface area contributed by atoms with Crippen LogP contribution in [0.4, 0.5) is 0 Å². The van der Waals surface area contributed by atoms with E-state index in [1.807, 2.05) is 25.1 Å². The quantitative estimate of drug-likeness (QED) is 0.731. The second-order valence-corrected chi connectivity index (χ2v) is 6.73. The number of phenols is 2. The molecule has 0 fully saturated rings. The van der Waals surface area contributed by atoms with Crippen LogP contribution in [0.15, 0.2) is 35.9 Å². The summed E-state index contributed by atoms with van der Waals surface area (Å²) in [6.07, 6.45) is 4.32. The molecule has 2 aromatic rings. The number of rotatable bonds is 0. The molecule has 0 bridgehead atoms. The number of fused-ring (bicyclic) bond motifs is 4. The highest BCUT2D eigenvalue weighted by atomic mass is 16.3. The topological polar surface area (TPSA) is 40.5 Å². The van der Waals surface area contributed by atoms with E-state index in [-0.39, 0.29) is 11.2 Å². The number of allylic oxidation sites excluding steroid dienone is 3. The van der Waals surface area contributed by atoms with Crippen LogP contribution in [-0.2, 0) is 5.41 Å². The average molecular weight is 304 g/mol. The van der Waals surface area contributed by atoms with Gasteiger partial charge in [0.2, 0.25) is 0 Å². The number of benzene rings is 2. The van der Waals surface area contributed by atoms with Crippen LogP contribution in [0.5, 0.6) is 11.5 Å². The molecule has 0 aromatic heterocycles. The predicted molar refractivity (Wildman–Crippen MR) is 93.8 cm³/mol. The molecular formula is C21H20O2. The molecule has 1 unspecified atom stereocenters. The zero-order chi connectivity index (χ0) is 16.5. The van der Waals surface area contributed by atoms with E-state index in [0.717, 1.165) is 27.8 Å². The third kappa shape index (κ3) is 1.53. The van der Waals surface area contributed by atoms with E-state index in [1.54, 1.807) is 6.07 Å². The van der Waals surface area contributed by atoms with Crippen LogP contribution in [0.3, 0.4) is 0 Å². The van der Waals surface area contributed by atoms with Gasteiger partial charge in [-0.05, 0) is 84.8 Å². The van der Waals surface area contributed by atoms with Crippen LogP contribution >= 0.6 is 0 Å². The molecule has 2 aromatic carbocycles. The largest absolute Gasteiger partial charge is 0.508 e. The molecule has 2 aliphatic carbocycles. The first-order valence-electron chi connectivity index (χ1n) is 7.92. The summed E-state index contributed by atoms with van der Waals surface area (Å²) in [5.41, 5.74) is 8.80. The monoisotopic (exact) mass is 304 g/mol. The summed E-state index contributed by atoms with van der Waals surface area (Å²) in [5.74, 6) is 0.615. The average Bonchev–Trinajstić information content (AvgIpc) is 2.99. The fourth-order valence-corrected chi connectivity index (χ4v) is 4.28. The van der Waals surface area contributed by atoms with Crippen LogP contribution in [0.25, 0.3) is 11.6 Å². The zero-order valence-corrected chi connectivity index (χ0v) is 13.9. The van der Waals surface area contributed by atoms with E-state index in [4.69, 9.17) is 0 Å². The van der Waals surface area contributed by atoms with Crippen molar-refractivity contribution in [1.82, 2.24) is 0 Å². The third-order valence-electron chi connectivity index (χ3n) is 5.80. The first kappa shape index (κ1) is 14.1. The van der Waals surface area contributed by atoms with E-state index in [2.05, 4.69) is 32.9 Å². The standard InChI is InChI=1S/C21H20O2/c1-11-12(2)20-13(3)14(4)21(18(20)10-19(11)23)8-7-15-5-6-16(22)9-17(15)21/h5-10,22-23H,1-4H3. The van der Waals surface area contributed by atoms with Crippen LogP contribution in [0, 0.1) is 13.8 Å². The molecule has 0 saturated carbocycles. The van der Waals surface area contributed by atoms with Gasteiger partial charge in [0.1, 0.15) is 11.5 Å². The number of aromatic hydroxyl groups is 2. The van der Waals surface area contributed by atoms with E-state index >= 15 is 0 Å². The molecule has 0 saturated heterocycles. The van der Waals surface area contributed by atoms with E-state index in [1.165, 1.54) is 16.7 Å². The summed E-state index contributed by atoms with van der Waals surface area (Å²) in [7, 11) is 0. The van der Waals surface area contributed by atoms with Gasteiger partial charge in [0.25, 0.3) is 0 Å². The van der Waals surface area contributed by atoms with Crippen molar-refractivity contribution < 1.29 is 10.2 Å². The first-order chi connectivity index (χ1) is 10.9. The summed E-state index contributed by atoms with van der Waals surface area (Å²) in [4.78, 5) is 0. The van der Waals surface area contributed by atoms with Crippen LogP contribution < -0.4 is 0 Å². The Morgan fingerprint density at radius 2 is 1.61 bits per heavy atom. The lowest BCUT2D eigenvalue weighted by atomic mass is 9.73. The van der Waals surface area contributed by atoms with Crippen molar-refractivity contribution in [3.05, 3.63) is 69.3 Å². The molecule has 0 heterocycles. The highest BCUT2D eigenvalue weighted by molar-refractivity contribution is 5.89. The van der Waals surface area contributed by atoms with Gasteiger partial charge in [0.15, 0.2) is 0 Å². The minimum Gasteiger partial charge on any atom is -0.508 e. The van der Waals surface area contributed by atoms with Gasteiger partial charge >= 0.3 is 0 Å². The first-order valence-corrected chi connectivity index (χ1v) is 7.92. The minimum absolute atomic E-state index is 0.277. The molecule has 2 nitrogen and oxygen atoms in total. The Morgan fingerprint density at radius 1 is 0.870 bits per heavy atom. The number of phenolic OH excluding ortho intramolecular Hbond substituents is 2. The normalized spacial score (nSPS) is 21.2. The maximum absolute atomic E-state index is 10.4. The number of hydrogen-bond donors (Lipinski definition) is 2. The van der Waals surface area contributed by atoms with Crippen molar-refractivity contribution in [2.45, 2.75) is 33.1 Å². The van der Waals surface area contributed by atoms with Crippen molar-refractivity contribution in [2.24, 2.45) is 0 Å². The second-order valence-electron chi connectivity index (χ2n) is 6.73. The maximum Gasteiger partial charge on any atom is 0.119 e. The van der Waals surface area contributed by atoms with Crippen LogP contribution in [-0.4, -0.2) is 10.2 Å². The van der Waals surface area contributed by atoms with Gasteiger partial charge in [0.05, 0.1) is 5.41 Å². The summed E-state index contributed by atoms with van der Waals surface area (Å²) >= 11 is 0. The van der Waals surface area contributed by atoms with E-state index in [0.29, 0.717) is 5.75 Å². The van der Waals surface area contributed by atoms with Gasteiger partial charge in [-0.15, -0.1) is 0 Å². The lowest BCUT2D eigenvalue weighted by Gasteiger charge is -2.29. The zero-order valence-electron chi connectivity index (χ0n) is 13.9. The molecule has 0 aliphatic heterocycles. The summed E-state index contributed by atoms with van der Waals surface area (Å²) < 4.78 is 0. The third-order valence-corrected chi connectivity index (χ3v) is 5.80. The van der Waals surface area contributed by atoms with Gasteiger partial charge < -0.3 is 10.2 Å². The minimum atomic E-state index is -0.372. The van der Waals surface area contributed by atoms with Gasteiger partial charge in [-0.25, -0.2) is 0 Å². The van der Waals surface area contributed by atoms with E-state index < -0.39 is 0 Å². The Morgan fingerprint density at radius 3 is 2.35 bits per heavy atom. The van der Waals surface area contributed by atoms with Gasteiger partial charge in [-0.1, -0.05) is 23.8 Å². The SMILES string of the molecule is CC1=C(C)C2(C=Cc3ccc(O)cc32)c2cc(O)c(C)c(C)c21. The summed E-state index contributed by atoms with van der Waals surface area (Å²) in [6.45, 7) is 8.35. The Labute approximate surface area is 136 Å². The lowest BCUT2D eigenvalue weighted by molar-refractivity contribution is 0.468. The predicted octanol–water partition coefficient (Wildman–Crippen LogP) is 4.83. The lowest BCUT2D eigenvalue weighted by Crippen LogP contribution is -2.23. The molecule has 2 aliphatic rings. The van der Waals surface area contributed by atoms with Crippen molar-refractivity contribution in [2.75, 3.05) is 0 Å². The van der Waals surface area contributed by atoms with Gasteiger partial charge in [-0.2, -0.15) is 0 Å². The molecule has 0 amide bonds. The van der Waals surface area contributed by atoms with Gasteiger partial charge in [0, 0.05) is 0 Å². The molecule has 23 heavy (non-hydrogen) atoms. The van der Waals surface area contributed by atoms with Gasteiger partial charge in [-0.3, -0.25) is 0 Å². The summed E-state index contributed by atoms with van der Waals surface area (Å²) in [5, 5.41) is 20.4. The van der Waals surface area contributed by atoms with E-state index in [9.17, 15) is 10.2 Å². The number of hydrogen-bond acceptors (Lipinski definition) is 2. The summed E-state index contributed by atoms with van der Waals surface area (Å²) in [6, 6.07) is 7.44. The highest BCUT2D eigenvalue weighted by Gasteiger charge is 2.45. The molecule has 116 valence electrons. The molecular weight excluding hydrogens is 284 g/mol. The Bertz CT molecular complexity index is 931. The molecule has 0 radical (unpaired) electrons. The highest BCUT2D eigenvalue weighted by Crippen LogP contribution is 2.57. The smallest absolute Gasteiger partial charge is 0.119 e. The molecule has 4 rings (SSSR count). The fraction of sp³-hybridized carbons (Fsp3) is 0.238. The van der Waals surface area contributed by atoms with Crippen LogP contribution in [0.2, 0.25) is 0 Å². The van der Waals surface area contributed by atoms with Crippen molar-refractivity contribution in [3.8, 4) is 11.5 Å². The second kappa shape index (κ2) is 4.29. The van der Waals surface area contributed by atoms with Crippen LogP contribution in [0.1, 0.15) is 47.2 Å². The molecule has 1 spiro atoms. The Hall–Kier alpha value is -2.48. The van der Waals surface area contributed by atoms with Crippen molar-refractivity contribution >= 4 is 11.6 Å². The molecule has 1 atom stereocenters. The molecule has 2 heteroatoms. The Balaban J connectivity index is 2.14. The van der Waals surface area contributed by atoms with Crippen molar-refractivity contribution in [3.63, 3.8) is 0 Å². The van der Waals surface area contributed by atoms with Crippen molar-refractivity contribution in [1.29, 1.82) is 0 Å². The fourth-order valence-electron chi connectivity index (χ4n) is 4.28. The maximum atomic E-state index is 10.4. The Kier molecular flexibility index (Phi) is 2.63.